The predicted molar refractivity (Wildman–Crippen MR) is 166 cm³/mol. The standard InChI is InChI=1S/C34H33N7O2/c35-31-30(24-4-6-26(7-5-24)34(14-15-34)41-17-19-43-20-18-41)22-37-33(40-31)39-28-8-1-23(2-9-28)3-10-29-21-25(13-16-36-29)32(42)38-27-11-12-27/h1-2,4-9,13,16,21-22,27H,11-12,14-15,17-20H2,(H,38,42)(H3,35,37,39,40). The summed E-state index contributed by atoms with van der Waals surface area (Å²) in [6.45, 7) is 3.59. The molecule has 7 rings (SSSR count). The van der Waals surface area contributed by atoms with Gasteiger partial charge in [-0.05, 0) is 79.1 Å². The highest BCUT2D eigenvalue weighted by atomic mass is 16.5. The van der Waals surface area contributed by atoms with Crippen molar-refractivity contribution in [3.8, 4) is 23.0 Å². The summed E-state index contributed by atoms with van der Waals surface area (Å²) in [4.78, 5) is 28.2. The molecule has 0 atom stereocenters. The SMILES string of the molecule is Nc1nc(Nc2ccc(C#Cc3cc(C(=O)NC4CC4)ccn3)cc2)ncc1-c1ccc(C2(N3CCOCC3)CC2)cc1. The van der Waals surface area contributed by atoms with Gasteiger partial charge >= 0.3 is 0 Å². The third-order valence-corrected chi connectivity index (χ3v) is 8.30. The number of nitrogens with zero attached hydrogens (tertiary/aromatic N) is 4. The number of rotatable bonds is 7. The minimum atomic E-state index is -0.0804. The first-order chi connectivity index (χ1) is 21.1. The summed E-state index contributed by atoms with van der Waals surface area (Å²) in [5.41, 5.74) is 12.4. The predicted octanol–water partition coefficient (Wildman–Crippen LogP) is 4.48. The van der Waals surface area contributed by atoms with Gasteiger partial charge in [-0.25, -0.2) is 9.97 Å². The summed E-state index contributed by atoms with van der Waals surface area (Å²) >= 11 is 0. The Bertz CT molecular complexity index is 1700. The molecular formula is C34H33N7O2. The van der Waals surface area contributed by atoms with E-state index in [1.54, 1.807) is 24.5 Å². The lowest BCUT2D eigenvalue weighted by atomic mass is 9.98. The van der Waals surface area contributed by atoms with Gasteiger partial charge in [0.25, 0.3) is 5.91 Å². The number of morpholine rings is 1. The Morgan fingerprint density at radius 1 is 0.977 bits per heavy atom. The molecule has 1 saturated heterocycles. The molecule has 2 aliphatic carbocycles. The first-order valence-electron chi connectivity index (χ1n) is 14.8. The Balaban J connectivity index is 0.988. The molecule has 1 aliphatic heterocycles. The van der Waals surface area contributed by atoms with Gasteiger partial charge in [-0.1, -0.05) is 30.2 Å². The van der Waals surface area contributed by atoms with E-state index >= 15 is 0 Å². The molecule has 0 spiro atoms. The molecule has 2 aromatic carbocycles. The quantitative estimate of drug-likeness (QED) is 0.278. The van der Waals surface area contributed by atoms with Gasteiger partial charge in [-0.2, -0.15) is 4.98 Å². The lowest BCUT2D eigenvalue weighted by Gasteiger charge is -2.35. The van der Waals surface area contributed by atoms with Crippen LogP contribution >= 0.6 is 0 Å². The highest BCUT2D eigenvalue weighted by Crippen LogP contribution is 2.51. The lowest BCUT2D eigenvalue weighted by molar-refractivity contribution is 0.00835. The van der Waals surface area contributed by atoms with Crippen molar-refractivity contribution in [1.82, 2.24) is 25.2 Å². The second kappa shape index (κ2) is 11.5. The monoisotopic (exact) mass is 571 g/mol. The Kier molecular flexibility index (Phi) is 7.23. The summed E-state index contributed by atoms with van der Waals surface area (Å²) in [5.74, 6) is 6.92. The average molecular weight is 572 g/mol. The van der Waals surface area contributed by atoms with Crippen LogP contribution in [0.25, 0.3) is 11.1 Å². The van der Waals surface area contributed by atoms with Crippen molar-refractivity contribution in [3.05, 3.63) is 95.4 Å². The van der Waals surface area contributed by atoms with Crippen LogP contribution in [0.5, 0.6) is 0 Å². The second-order valence-corrected chi connectivity index (χ2v) is 11.3. The zero-order valence-electron chi connectivity index (χ0n) is 23.8. The minimum absolute atomic E-state index is 0.0804. The van der Waals surface area contributed by atoms with Gasteiger partial charge in [0.05, 0.1) is 13.2 Å². The number of benzene rings is 2. The van der Waals surface area contributed by atoms with Crippen LogP contribution in [-0.2, 0) is 10.3 Å². The molecule has 0 unspecified atom stereocenters. The highest BCUT2D eigenvalue weighted by molar-refractivity contribution is 5.94. The van der Waals surface area contributed by atoms with Crippen molar-refractivity contribution < 1.29 is 9.53 Å². The third-order valence-electron chi connectivity index (χ3n) is 8.30. The van der Waals surface area contributed by atoms with E-state index in [9.17, 15) is 4.79 Å². The molecule has 0 radical (unpaired) electrons. The number of ether oxygens (including phenoxy) is 1. The summed E-state index contributed by atoms with van der Waals surface area (Å²) in [6, 6.07) is 20.0. The van der Waals surface area contributed by atoms with Crippen LogP contribution in [0.2, 0.25) is 0 Å². The number of nitrogens with one attached hydrogen (secondary N) is 2. The Labute approximate surface area is 250 Å². The normalized spacial score (nSPS) is 17.4. The summed E-state index contributed by atoms with van der Waals surface area (Å²) in [7, 11) is 0. The van der Waals surface area contributed by atoms with Gasteiger partial charge in [-0.15, -0.1) is 0 Å². The number of nitrogens with two attached hydrogens (primary N) is 1. The van der Waals surface area contributed by atoms with E-state index < -0.39 is 0 Å². The van der Waals surface area contributed by atoms with Gasteiger partial charge < -0.3 is 21.1 Å². The van der Waals surface area contributed by atoms with E-state index in [4.69, 9.17) is 10.5 Å². The van der Waals surface area contributed by atoms with Gasteiger partial charge in [0.15, 0.2) is 0 Å². The van der Waals surface area contributed by atoms with Crippen LogP contribution in [-0.4, -0.2) is 58.1 Å². The van der Waals surface area contributed by atoms with Gasteiger partial charge in [0.1, 0.15) is 11.5 Å². The number of carbonyl (C=O) groups is 1. The highest BCUT2D eigenvalue weighted by Gasteiger charge is 2.49. The van der Waals surface area contributed by atoms with Crippen molar-refractivity contribution in [2.24, 2.45) is 0 Å². The van der Waals surface area contributed by atoms with Crippen molar-refractivity contribution in [2.45, 2.75) is 37.3 Å². The molecule has 4 N–H and O–H groups in total. The smallest absolute Gasteiger partial charge is 0.251 e. The number of pyridine rings is 1. The lowest BCUT2D eigenvalue weighted by Crippen LogP contribution is -2.43. The van der Waals surface area contributed by atoms with E-state index in [1.165, 1.54) is 18.4 Å². The number of aromatic nitrogens is 3. The van der Waals surface area contributed by atoms with E-state index in [1.807, 2.05) is 24.3 Å². The topological polar surface area (TPSA) is 118 Å². The van der Waals surface area contributed by atoms with Crippen LogP contribution in [0.15, 0.2) is 73.1 Å². The average Bonchev–Trinajstić information content (AvgIpc) is 3.98. The van der Waals surface area contributed by atoms with Crippen LogP contribution < -0.4 is 16.4 Å². The number of hydrogen-bond donors (Lipinski definition) is 3. The van der Waals surface area contributed by atoms with E-state index in [0.717, 1.165) is 61.5 Å². The second-order valence-electron chi connectivity index (χ2n) is 11.3. The van der Waals surface area contributed by atoms with Gasteiger partial charge in [0.2, 0.25) is 5.95 Å². The number of nitrogen functional groups attached to an aromatic ring is 1. The van der Waals surface area contributed by atoms with Gasteiger partial charge in [0, 0.05) is 59.4 Å². The Hall–Kier alpha value is -4.78. The number of amides is 1. The molecule has 0 bridgehead atoms. The maximum absolute atomic E-state index is 12.3. The number of carbonyl (C=O) groups excluding carboxylic acids is 1. The molecule has 3 heterocycles. The summed E-state index contributed by atoms with van der Waals surface area (Å²) in [6.07, 6.45) is 7.85. The fourth-order valence-corrected chi connectivity index (χ4v) is 5.57. The van der Waals surface area contributed by atoms with Crippen LogP contribution in [0.4, 0.5) is 17.5 Å². The summed E-state index contributed by atoms with van der Waals surface area (Å²) in [5, 5.41) is 6.20. The number of hydrogen-bond acceptors (Lipinski definition) is 8. The van der Waals surface area contributed by atoms with Crippen LogP contribution in [0, 0.1) is 11.8 Å². The van der Waals surface area contributed by atoms with Crippen molar-refractivity contribution >= 4 is 23.4 Å². The van der Waals surface area contributed by atoms with Gasteiger partial charge in [-0.3, -0.25) is 9.69 Å². The molecular weight excluding hydrogens is 538 g/mol. The maximum atomic E-state index is 12.3. The fraction of sp³-hybridized carbons (Fsp3) is 0.294. The largest absolute Gasteiger partial charge is 0.383 e. The third kappa shape index (κ3) is 6.07. The molecule has 2 saturated carbocycles. The molecule has 43 heavy (non-hydrogen) atoms. The van der Waals surface area contributed by atoms with Crippen LogP contribution in [0.3, 0.4) is 0 Å². The Morgan fingerprint density at radius 3 is 2.44 bits per heavy atom. The van der Waals surface area contributed by atoms with E-state index in [0.29, 0.717) is 29.1 Å². The molecule has 3 fully saturated rings. The first kappa shape index (κ1) is 27.1. The first-order valence-corrected chi connectivity index (χ1v) is 14.8. The summed E-state index contributed by atoms with van der Waals surface area (Å²) < 4.78 is 5.55. The van der Waals surface area contributed by atoms with Crippen molar-refractivity contribution in [3.63, 3.8) is 0 Å². The zero-order valence-corrected chi connectivity index (χ0v) is 23.8. The maximum Gasteiger partial charge on any atom is 0.251 e. The molecule has 4 aromatic rings. The van der Waals surface area contributed by atoms with Crippen molar-refractivity contribution in [1.29, 1.82) is 0 Å². The molecule has 2 aromatic heterocycles. The van der Waals surface area contributed by atoms with Crippen LogP contribution in [0.1, 0.15) is 52.9 Å². The molecule has 1 amide bonds. The minimum Gasteiger partial charge on any atom is -0.383 e. The van der Waals surface area contributed by atoms with Crippen molar-refractivity contribution in [2.75, 3.05) is 37.4 Å². The van der Waals surface area contributed by atoms with E-state index in [2.05, 4.69) is 66.6 Å². The van der Waals surface area contributed by atoms with E-state index in [-0.39, 0.29) is 11.4 Å². The molecule has 3 aliphatic rings. The Morgan fingerprint density at radius 2 is 1.74 bits per heavy atom. The fourth-order valence-electron chi connectivity index (χ4n) is 5.57. The molecule has 9 nitrogen and oxygen atoms in total. The molecule has 9 heteroatoms. The zero-order chi connectivity index (χ0) is 29.2. The molecule has 216 valence electrons. The number of anilines is 3.